The number of hydrogen-bond acceptors (Lipinski definition) is 3. The number of likely N-dealkylation sites (tertiary alicyclic amines) is 1. The zero-order valence-corrected chi connectivity index (χ0v) is 19.9. The highest BCUT2D eigenvalue weighted by Gasteiger charge is 2.28. The van der Waals surface area contributed by atoms with Crippen LogP contribution in [0.4, 0.5) is 0 Å². The third kappa shape index (κ3) is 3.88. The van der Waals surface area contributed by atoms with E-state index in [2.05, 4.69) is 4.98 Å². The van der Waals surface area contributed by atoms with Gasteiger partial charge < -0.3 is 19.4 Å². The molecule has 1 saturated heterocycles. The number of likely N-dealkylation sites (N-methyl/N-ethyl adjacent to an activating group) is 1. The molecule has 0 radical (unpaired) electrons. The summed E-state index contributed by atoms with van der Waals surface area (Å²) in [5, 5.41) is 1.32. The Balaban J connectivity index is 1.39. The summed E-state index contributed by atoms with van der Waals surface area (Å²) in [4.78, 5) is 44.7. The number of carbonyl (C=O) groups is 2. The van der Waals surface area contributed by atoms with Crippen LogP contribution in [0, 0.1) is 0 Å². The molecule has 1 fully saturated rings. The summed E-state index contributed by atoms with van der Waals surface area (Å²) in [5.74, 6) is -0.144. The maximum atomic E-state index is 13.5. The van der Waals surface area contributed by atoms with E-state index in [1.807, 2.05) is 39.8 Å². The van der Waals surface area contributed by atoms with Crippen molar-refractivity contribution < 1.29 is 9.59 Å². The second-order valence-corrected chi connectivity index (χ2v) is 9.40. The average Bonchev–Trinajstić information content (AvgIpc) is 3.35. The van der Waals surface area contributed by atoms with Crippen LogP contribution in [-0.4, -0.2) is 62.9 Å². The molecule has 9 heteroatoms. The fourth-order valence-electron chi connectivity index (χ4n) is 4.79. The van der Waals surface area contributed by atoms with E-state index in [9.17, 15) is 14.4 Å². The van der Waals surface area contributed by atoms with Crippen LogP contribution in [-0.2, 0) is 11.3 Å². The third-order valence-corrected chi connectivity index (χ3v) is 6.86. The molecular weight excluding hydrogens is 454 g/mol. The van der Waals surface area contributed by atoms with Crippen molar-refractivity contribution in [1.29, 1.82) is 0 Å². The molecule has 3 heterocycles. The van der Waals surface area contributed by atoms with Gasteiger partial charge in [0.15, 0.2) is 0 Å². The molecule has 34 heavy (non-hydrogen) atoms. The molecule has 0 atom stereocenters. The second kappa shape index (κ2) is 8.68. The first-order valence-electron chi connectivity index (χ1n) is 11.3. The van der Waals surface area contributed by atoms with Crippen LogP contribution in [0.3, 0.4) is 0 Å². The highest BCUT2D eigenvalue weighted by Crippen LogP contribution is 2.29. The highest BCUT2D eigenvalue weighted by molar-refractivity contribution is 6.31. The standard InChI is InChI=1S/C25H26ClN5O3/c1-28(2)23(32)15-30-14-19(18-8-7-16(26)13-22(18)30)24(33)29-11-9-17(10-12-29)31-21-6-4-3-5-20(21)27-25(31)34/h3-8,13-14,17H,9-12,15H2,1-2H3,(H,27,34). The molecule has 1 aliphatic rings. The zero-order chi connectivity index (χ0) is 24.0. The Hall–Kier alpha value is -3.52. The topological polar surface area (TPSA) is 83.3 Å². The maximum Gasteiger partial charge on any atom is 0.326 e. The first-order valence-corrected chi connectivity index (χ1v) is 11.7. The van der Waals surface area contributed by atoms with Gasteiger partial charge in [-0.1, -0.05) is 29.8 Å². The van der Waals surface area contributed by atoms with E-state index in [0.717, 1.165) is 21.9 Å². The van der Waals surface area contributed by atoms with E-state index in [0.29, 0.717) is 36.5 Å². The number of nitrogens with one attached hydrogen (secondary N) is 1. The number of aromatic amines is 1. The molecule has 1 aliphatic heterocycles. The Morgan fingerprint density at radius 1 is 1.09 bits per heavy atom. The summed E-state index contributed by atoms with van der Waals surface area (Å²) in [6.07, 6.45) is 3.13. The molecule has 8 nitrogen and oxygen atoms in total. The van der Waals surface area contributed by atoms with Gasteiger partial charge >= 0.3 is 5.69 Å². The Labute approximate surface area is 201 Å². The normalized spacial score (nSPS) is 14.7. The number of halogens is 1. The number of imidazole rings is 1. The van der Waals surface area contributed by atoms with Gasteiger partial charge in [-0.2, -0.15) is 0 Å². The van der Waals surface area contributed by atoms with Crippen molar-refractivity contribution in [2.75, 3.05) is 27.2 Å². The van der Waals surface area contributed by atoms with Gasteiger partial charge in [0, 0.05) is 49.8 Å². The van der Waals surface area contributed by atoms with Gasteiger partial charge in [-0.05, 0) is 37.1 Å². The van der Waals surface area contributed by atoms with Crippen LogP contribution in [0.1, 0.15) is 29.2 Å². The van der Waals surface area contributed by atoms with Crippen molar-refractivity contribution in [2.45, 2.75) is 25.4 Å². The number of benzene rings is 2. The van der Waals surface area contributed by atoms with Gasteiger partial charge in [0.25, 0.3) is 5.91 Å². The van der Waals surface area contributed by atoms with Crippen molar-refractivity contribution in [3.63, 3.8) is 0 Å². The molecule has 4 aromatic rings. The van der Waals surface area contributed by atoms with Crippen LogP contribution >= 0.6 is 11.6 Å². The lowest BCUT2D eigenvalue weighted by atomic mass is 10.0. The molecule has 0 aliphatic carbocycles. The lowest BCUT2D eigenvalue weighted by molar-refractivity contribution is -0.129. The fraction of sp³-hybridized carbons (Fsp3) is 0.320. The molecule has 5 rings (SSSR count). The molecule has 0 bridgehead atoms. The van der Waals surface area contributed by atoms with Crippen molar-refractivity contribution in [3.05, 3.63) is 69.7 Å². The van der Waals surface area contributed by atoms with E-state index >= 15 is 0 Å². The van der Waals surface area contributed by atoms with Gasteiger partial charge in [0.05, 0.1) is 22.1 Å². The van der Waals surface area contributed by atoms with Gasteiger partial charge in [-0.25, -0.2) is 4.79 Å². The summed E-state index contributed by atoms with van der Waals surface area (Å²) in [6.45, 7) is 1.22. The second-order valence-electron chi connectivity index (χ2n) is 8.96. The predicted octanol–water partition coefficient (Wildman–Crippen LogP) is 3.50. The third-order valence-electron chi connectivity index (χ3n) is 6.62. The average molecular weight is 480 g/mol. The summed E-state index contributed by atoms with van der Waals surface area (Å²) in [7, 11) is 3.41. The van der Waals surface area contributed by atoms with E-state index in [1.165, 1.54) is 4.90 Å². The number of carbonyl (C=O) groups excluding carboxylic acids is 2. The van der Waals surface area contributed by atoms with E-state index in [1.54, 1.807) is 37.0 Å². The van der Waals surface area contributed by atoms with Crippen LogP contribution in [0.2, 0.25) is 5.02 Å². The molecule has 2 aromatic carbocycles. The van der Waals surface area contributed by atoms with Crippen LogP contribution in [0.25, 0.3) is 21.9 Å². The summed E-state index contributed by atoms with van der Waals surface area (Å²) in [6, 6.07) is 13.1. The Kier molecular flexibility index (Phi) is 5.69. The number of H-pyrrole nitrogens is 1. The largest absolute Gasteiger partial charge is 0.347 e. The smallest absolute Gasteiger partial charge is 0.326 e. The zero-order valence-electron chi connectivity index (χ0n) is 19.1. The van der Waals surface area contributed by atoms with Gasteiger partial charge in [0.1, 0.15) is 6.54 Å². The van der Waals surface area contributed by atoms with Crippen LogP contribution in [0.5, 0.6) is 0 Å². The number of aromatic nitrogens is 3. The Morgan fingerprint density at radius 3 is 2.56 bits per heavy atom. The number of para-hydroxylation sites is 2. The predicted molar refractivity (Wildman–Crippen MR) is 132 cm³/mol. The minimum atomic E-state index is -0.114. The molecule has 2 aromatic heterocycles. The molecular formula is C25H26ClN5O3. The number of nitrogens with zero attached hydrogens (tertiary/aromatic N) is 4. The first-order chi connectivity index (χ1) is 16.3. The lowest BCUT2D eigenvalue weighted by Gasteiger charge is -2.32. The van der Waals surface area contributed by atoms with Crippen molar-refractivity contribution >= 4 is 45.4 Å². The number of piperidine rings is 1. The van der Waals surface area contributed by atoms with E-state index in [4.69, 9.17) is 11.6 Å². The number of amides is 2. The van der Waals surface area contributed by atoms with E-state index in [-0.39, 0.29) is 30.1 Å². The summed E-state index contributed by atoms with van der Waals surface area (Å²) < 4.78 is 3.60. The van der Waals surface area contributed by atoms with Crippen molar-refractivity contribution in [3.8, 4) is 0 Å². The minimum Gasteiger partial charge on any atom is -0.347 e. The van der Waals surface area contributed by atoms with E-state index < -0.39 is 0 Å². The number of rotatable bonds is 4. The molecule has 2 amide bonds. The molecule has 0 unspecified atom stereocenters. The molecule has 176 valence electrons. The van der Waals surface area contributed by atoms with Crippen LogP contribution < -0.4 is 5.69 Å². The maximum absolute atomic E-state index is 13.5. The molecule has 0 saturated carbocycles. The quantitative estimate of drug-likeness (QED) is 0.486. The Morgan fingerprint density at radius 2 is 1.82 bits per heavy atom. The van der Waals surface area contributed by atoms with Gasteiger partial charge in [-0.15, -0.1) is 0 Å². The SMILES string of the molecule is CN(C)C(=O)Cn1cc(C(=O)N2CCC(n3c(=O)[nH]c4ccccc43)CC2)c2ccc(Cl)cc21. The van der Waals surface area contributed by atoms with Crippen LogP contribution in [0.15, 0.2) is 53.5 Å². The monoisotopic (exact) mass is 479 g/mol. The fourth-order valence-corrected chi connectivity index (χ4v) is 4.95. The minimum absolute atomic E-state index is 0.0329. The molecule has 1 N–H and O–H groups in total. The van der Waals surface area contributed by atoms with Gasteiger partial charge in [0.2, 0.25) is 5.91 Å². The summed E-state index contributed by atoms with van der Waals surface area (Å²) in [5.41, 5.74) is 2.91. The number of fused-ring (bicyclic) bond motifs is 2. The van der Waals surface area contributed by atoms with Crippen molar-refractivity contribution in [1.82, 2.24) is 23.9 Å². The Bertz CT molecular complexity index is 1460. The lowest BCUT2D eigenvalue weighted by Crippen LogP contribution is -2.40. The number of hydrogen-bond donors (Lipinski definition) is 1. The van der Waals surface area contributed by atoms with Gasteiger partial charge in [-0.3, -0.25) is 14.2 Å². The first kappa shape index (κ1) is 22.3. The summed E-state index contributed by atoms with van der Waals surface area (Å²) >= 11 is 6.21. The molecule has 0 spiro atoms. The highest BCUT2D eigenvalue weighted by atomic mass is 35.5. The van der Waals surface area contributed by atoms with Crippen molar-refractivity contribution in [2.24, 2.45) is 0 Å².